The first-order valence-electron chi connectivity index (χ1n) is 11.3. The minimum Gasteiger partial charge on any atom is -0.494 e. The second-order valence-electron chi connectivity index (χ2n) is 8.29. The number of carbonyl (C=O) groups is 2. The fourth-order valence-corrected chi connectivity index (χ4v) is 5.25. The van der Waals surface area contributed by atoms with E-state index in [1.807, 2.05) is 17.0 Å². The number of carbonyl (C=O) groups excluding carboxylic acids is 2. The van der Waals surface area contributed by atoms with Gasteiger partial charge < -0.3 is 24.8 Å². The number of aryl methyl sites for hydroxylation is 1. The molecule has 1 aromatic carbocycles. The quantitative estimate of drug-likeness (QED) is 0.401. The van der Waals surface area contributed by atoms with E-state index in [1.165, 1.54) is 11.3 Å². The molecule has 35 heavy (non-hydrogen) atoms. The van der Waals surface area contributed by atoms with Crippen LogP contribution < -0.4 is 10.2 Å². The molecule has 3 aromatic heterocycles. The Hall–Kier alpha value is -3.56. The van der Waals surface area contributed by atoms with Gasteiger partial charge in [0.15, 0.2) is 5.88 Å². The van der Waals surface area contributed by atoms with Gasteiger partial charge in [-0.15, -0.1) is 11.3 Å². The number of fused-ring (bicyclic) bond motifs is 1. The summed E-state index contributed by atoms with van der Waals surface area (Å²) < 4.78 is 2.20. The van der Waals surface area contributed by atoms with E-state index in [2.05, 4.69) is 15.2 Å². The van der Waals surface area contributed by atoms with Crippen molar-refractivity contribution in [3.05, 3.63) is 70.3 Å². The standard InChI is InChI=1S/C25H24ClN5O3S/c26-22-5-4-21(35-22)24(33)28-20-3-1-2-18-19(20)16-31(25(18)34)11-8-23(32)30-14-12-29(13-15-30)17-6-9-27-10-7-17/h1-7,9-10,16,34H,8,11-15H2,(H,28,33). The van der Waals surface area contributed by atoms with Crippen LogP contribution in [-0.2, 0) is 11.3 Å². The number of aromatic nitrogens is 2. The first-order chi connectivity index (χ1) is 17.0. The van der Waals surface area contributed by atoms with E-state index in [4.69, 9.17) is 11.6 Å². The number of nitrogens with one attached hydrogen (secondary N) is 1. The molecule has 4 aromatic rings. The maximum Gasteiger partial charge on any atom is 0.265 e. The maximum absolute atomic E-state index is 12.8. The third-order valence-electron chi connectivity index (χ3n) is 6.18. The van der Waals surface area contributed by atoms with Crippen molar-refractivity contribution in [3.8, 4) is 5.88 Å². The van der Waals surface area contributed by atoms with Gasteiger partial charge in [-0.2, -0.15) is 0 Å². The highest BCUT2D eigenvalue weighted by atomic mass is 35.5. The topological polar surface area (TPSA) is 90.7 Å². The molecule has 1 aliphatic heterocycles. The summed E-state index contributed by atoms with van der Waals surface area (Å²) in [7, 11) is 0. The van der Waals surface area contributed by atoms with Gasteiger partial charge in [0, 0.05) is 74.2 Å². The lowest BCUT2D eigenvalue weighted by Gasteiger charge is -2.36. The molecule has 10 heteroatoms. The maximum atomic E-state index is 12.8. The van der Waals surface area contributed by atoms with Gasteiger partial charge in [-0.05, 0) is 36.4 Å². The van der Waals surface area contributed by atoms with Crippen LogP contribution in [0.2, 0.25) is 4.34 Å². The largest absolute Gasteiger partial charge is 0.494 e. The van der Waals surface area contributed by atoms with Crippen molar-refractivity contribution < 1.29 is 14.7 Å². The number of benzene rings is 1. The Labute approximate surface area is 211 Å². The molecule has 4 heterocycles. The summed E-state index contributed by atoms with van der Waals surface area (Å²) in [6.07, 6.45) is 5.60. The lowest BCUT2D eigenvalue weighted by atomic mass is 10.2. The van der Waals surface area contributed by atoms with Gasteiger partial charge in [0.05, 0.1) is 14.9 Å². The van der Waals surface area contributed by atoms with Crippen LogP contribution in [0.15, 0.2) is 61.1 Å². The zero-order chi connectivity index (χ0) is 24.4. The van der Waals surface area contributed by atoms with Crippen LogP contribution in [0.5, 0.6) is 5.88 Å². The van der Waals surface area contributed by atoms with E-state index in [0.717, 1.165) is 18.8 Å². The number of amides is 2. The second-order valence-corrected chi connectivity index (χ2v) is 10.0. The summed E-state index contributed by atoms with van der Waals surface area (Å²) in [4.78, 5) is 34.1. The molecule has 8 nitrogen and oxygen atoms in total. The Balaban J connectivity index is 1.23. The van der Waals surface area contributed by atoms with Crippen LogP contribution in [0.1, 0.15) is 16.1 Å². The van der Waals surface area contributed by atoms with E-state index in [0.29, 0.717) is 45.3 Å². The van der Waals surface area contributed by atoms with Crippen LogP contribution in [0.4, 0.5) is 11.4 Å². The van der Waals surface area contributed by atoms with Gasteiger partial charge >= 0.3 is 0 Å². The molecule has 0 saturated carbocycles. The predicted octanol–water partition coefficient (Wildman–Crippen LogP) is 4.45. The van der Waals surface area contributed by atoms with Crippen LogP contribution in [0, 0.1) is 0 Å². The zero-order valence-corrected chi connectivity index (χ0v) is 20.4. The molecule has 5 rings (SSSR count). The molecule has 2 amide bonds. The number of halogens is 1. The summed E-state index contributed by atoms with van der Waals surface area (Å²) in [6.45, 7) is 3.20. The van der Waals surface area contributed by atoms with Gasteiger partial charge in [0.2, 0.25) is 5.91 Å². The van der Waals surface area contributed by atoms with Crippen LogP contribution in [0.3, 0.4) is 0 Å². The van der Waals surface area contributed by atoms with E-state index in [1.54, 1.807) is 53.5 Å². The molecule has 2 N–H and O–H groups in total. The lowest BCUT2D eigenvalue weighted by molar-refractivity contribution is -0.131. The Morgan fingerprint density at radius 1 is 1.03 bits per heavy atom. The highest BCUT2D eigenvalue weighted by Gasteiger charge is 2.22. The third-order valence-corrected chi connectivity index (χ3v) is 7.41. The first-order valence-corrected chi connectivity index (χ1v) is 12.5. The van der Waals surface area contributed by atoms with Crippen molar-refractivity contribution >= 4 is 56.9 Å². The molecule has 0 spiro atoms. The van der Waals surface area contributed by atoms with E-state index in [-0.39, 0.29) is 24.1 Å². The van der Waals surface area contributed by atoms with Gasteiger partial charge in [0.25, 0.3) is 5.91 Å². The molecular formula is C25H24ClN5O3S. The van der Waals surface area contributed by atoms with E-state index < -0.39 is 0 Å². The fraction of sp³-hybridized carbons (Fsp3) is 0.240. The van der Waals surface area contributed by atoms with E-state index >= 15 is 0 Å². The minimum atomic E-state index is -0.261. The average Bonchev–Trinajstić information content (AvgIpc) is 3.47. The van der Waals surface area contributed by atoms with Gasteiger partial charge in [-0.3, -0.25) is 14.6 Å². The summed E-state index contributed by atoms with van der Waals surface area (Å²) in [6, 6.07) is 12.7. The van der Waals surface area contributed by atoms with Crippen molar-refractivity contribution in [2.75, 3.05) is 36.4 Å². The van der Waals surface area contributed by atoms with Crippen molar-refractivity contribution in [1.29, 1.82) is 0 Å². The Kier molecular flexibility index (Phi) is 6.61. The molecule has 0 radical (unpaired) electrons. The van der Waals surface area contributed by atoms with Crippen LogP contribution in [-0.4, -0.2) is 57.6 Å². The monoisotopic (exact) mass is 509 g/mol. The number of rotatable bonds is 6. The number of anilines is 2. The number of aromatic hydroxyl groups is 1. The van der Waals surface area contributed by atoms with Crippen LogP contribution in [0.25, 0.3) is 10.8 Å². The minimum absolute atomic E-state index is 0.0552. The van der Waals surface area contributed by atoms with Gasteiger partial charge in [-0.1, -0.05) is 17.7 Å². The van der Waals surface area contributed by atoms with Crippen molar-refractivity contribution in [2.24, 2.45) is 0 Å². The molecule has 180 valence electrons. The fourth-order valence-electron chi connectivity index (χ4n) is 4.31. The molecule has 0 unspecified atom stereocenters. The molecular weight excluding hydrogens is 486 g/mol. The summed E-state index contributed by atoms with van der Waals surface area (Å²) >= 11 is 7.15. The Morgan fingerprint density at radius 3 is 2.51 bits per heavy atom. The van der Waals surface area contributed by atoms with Gasteiger partial charge in [0.1, 0.15) is 0 Å². The number of hydrogen-bond donors (Lipinski definition) is 2. The number of nitrogens with zero attached hydrogens (tertiary/aromatic N) is 4. The third kappa shape index (κ3) is 4.96. The smallest absolute Gasteiger partial charge is 0.265 e. The molecule has 1 saturated heterocycles. The summed E-state index contributed by atoms with van der Waals surface area (Å²) in [5, 5.41) is 15.0. The Bertz CT molecular complexity index is 1360. The lowest BCUT2D eigenvalue weighted by Crippen LogP contribution is -2.48. The molecule has 0 bridgehead atoms. The zero-order valence-electron chi connectivity index (χ0n) is 18.9. The number of piperazine rings is 1. The van der Waals surface area contributed by atoms with Gasteiger partial charge in [-0.25, -0.2) is 0 Å². The molecule has 0 aliphatic carbocycles. The van der Waals surface area contributed by atoms with Crippen molar-refractivity contribution in [1.82, 2.24) is 14.5 Å². The number of hydrogen-bond acceptors (Lipinski definition) is 6. The summed E-state index contributed by atoms with van der Waals surface area (Å²) in [5.74, 6) is -0.132. The first kappa shape index (κ1) is 23.2. The molecule has 0 atom stereocenters. The summed E-state index contributed by atoms with van der Waals surface area (Å²) in [5.41, 5.74) is 1.70. The normalized spacial score (nSPS) is 13.9. The van der Waals surface area contributed by atoms with Crippen LogP contribution >= 0.6 is 22.9 Å². The number of thiophene rings is 1. The molecule has 1 fully saturated rings. The molecule has 1 aliphatic rings. The average molecular weight is 510 g/mol. The SMILES string of the molecule is O=C(Nc1cccc2c(O)n(CCC(=O)N3CCN(c4ccncc4)CC3)cc12)c1ccc(Cl)s1. The second kappa shape index (κ2) is 9.97. The highest BCUT2D eigenvalue weighted by Crippen LogP contribution is 2.33. The highest BCUT2D eigenvalue weighted by molar-refractivity contribution is 7.18. The number of pyridine rings is 1. The van der Waals surface area contributed by atoms with Crippen molar-refractivity contribution in [2.45, 2.75) is 13.0 Å². The predicted molar refractivity (Wildman–Crippen MR) is 139 cm³/mol. The van der Waals surface area contributed by atoms with Crippen molar-refractivity contribution in [3.63, 3.8) is 0 Å². The Morgan fingerprint density at radius 2 is 1.80 bits per heavy atom. The van der Waals surface area contributed by atoms with E-state index in [9.17, 15) is 14.7 Å².